The Morgan fingerprint density at radius 1 is 1.00 bits per heavy atom. The van der Waals surface area contributed by atoms with E-state index in [9.17, 15) is 18.0 Å². The van der Waals surface area contributed by atoms with E-state index in [0.717, 1.165) is 42.5 Å². The summed E-state index contributed by atoms with van der Waals surface area (Å²) in [5.74, 6) is -0.253. The summed E-state index contributed by atoms with van der Waals surface area (Å²) >= 11 is 0. The maximum atomic E-state index is 12.9. The smallest absolute Gasteiger partial charge is 0.251 e. The average molecular weight is 442 g/mol. The molecule has 2 aliphatic heterocycles. The maximum absolute atomic E-state index is 12.9. The Bertz CT molecular complexity index is 1070. The van der Waals surface area contributed by atoms with Crippen LogP contribution in [0.1, 0.15) is 47.2 Å². The Morgan fingerprint density at radius 2 is 1.71 bits per heavy atom. The second-order valence-corrected chi connectivity index (χ2v) is 10.0. The fourth-order valence-electron chi connectivity index (χ4n) is 4.05. The van der Waals surface area contributed by atoms with E-state index in [0.29, 0.717) is 42.9 Å². The Kier molecular flexibility index (Phi) is 6.38. The first-order valence-corrected chi connectivity index (χ1v) is 12.2. The number of benzene rings is 2. The van der Waals surface area contributed by atoms with Crippen LogP contribution in [0, 0.1) is 0 Å². The molecule has 164 valence electrons. The van der Waals surface area contributed by atoms with Crippen LogP contribution in [0.15, 0.2) is 47.4 Å². The van der Waals surface area contributed by atoms with Gasteiger partial charge in [-0.05, 0) is 60.7 Å². The van der Waals surface area contributed by atoms with Gasteiger partial charge in [0.2, 0.25) is 15.9 Å². The molecule has 2 aromatic rings. The highest BCUT2D eigenvalue weighted by molar-refractivity contribution is 7.89. The van der Waals surface area contributed by atoms with Crippen molar-refractivity contribution < 1.29 is 18.0 Å². The summed E-state index contributed by atoms with van der Waals surface area (Å²) in [4.78, 5) is 24.2. The number of anilines is 1. The van der Waals surface area contributed by atoms with Gasteiger partial charge >= 0.3 is 0 Å². The quantitative estimate of drug-likeness (QED) is 0.721. The fraction of sp³-hybridized carbons (Fsp3) is 0.391. The third kappa shape index (κ3) is 4.97. The van der Waals surface area contributed by atoms with E-state index in [1.54, 1.807) is 34.6 Å². The summed E-state index contributed by atoms with van der Waals surface area (Å²) in [7, 11) is -3.45. The summed E-state index contributed by atoms with van der Waals surface area (Å²) in [5, 5.41) is 5.63. The van der Waals surface area contributed by atoms with Crippen molar-refractivity contribution in [2.45, 2.75) is 43.4 Å². The zero-order valence-corrected chi connectivity index (χ0v) is 18.2. The van der Waals surface area contributed by atoms with E-state index >= 15 is 0 Å². The van der Waals surface area contributed by atoms with Crippen LogP contribution in [0.2, 0.25) is 0 Å². The van der Waals surface area contributed by atoms with Gasteiger partial charge in [-0.1, -0.05) is 25.0 Å². The lowest BCUT2D eigenvalue weighted by atomic mass is 10.1. The van der Waals surface area contributed by atoms with Crippen LogP contribution in [0.4, 0.5) is 5.69 Å². The number of nitrogens with one attached hydrogen (secondary N) is 2. The molecule has 31 heavy (non-hydrogen) atoms. The van der Waals surface area contributed by atoms with Crippen LogP contribution >= 0.6 is 0 Å². The van der Waals surface area contributed by atoms with Crippen LogP contribution in [0.25, 0.3) is 0 Å². The molecular formula is C23H27N3O4S. The zero-order chi connectivity index (χ0) is 21.8. The van der Waals surface area contributed by atoms with Crippen molar-refractivity contribution in [1.29, 1.82) is 0 Å². The summed E-state index contributed by atoms with van der Waals surface area (Å²) in [6.45, 7) is 1.61. The highest BCUT2D eigenvalue weighted by Crippen LogP contribution is 2.24. The fourth-order valence-corrected chi connectivity index (χ4v) is 5.57. The lowest BCUT2D eigenvalue weighted by molar-refractivity contribution is -0.115. The first kappa shape index (κ1) is 21.5. The predicted octanol–water partition coefficient (Wildman–Crippen LogP) is 2.72. The van der Waals surface area contributed by atoms with Gasteiger partial charge in [0.05, 0.1) is 11.3 Å². The van der Waals surface area contributed by atoms with Gasteiger partial charge in [-0.2, -0.15) is 4.31 Å². The third-order valence-corrected chi connectivity index (χ3v) is 7.73. The van der Waals surface area contributed by atoms with E-state index in [1.165, 1.54) is 0 Å². The average Bonchev–Trinajstić information content (AvgIpc) is 2.94. The molecule has 0 unspecified atom stereocenters. The van der Waals surface area contributed by atoms with E-state index in [4.69, 9.17) is 0 Å². The third-order valence-electron chi connectivity index (χ3n) is 5.82. The molecule has 0 aromatic heterocycles. The molecule has 2 N–H and O–H groups in total. The molecule has 0 radical (unpaired) electrons. The number of nitrogens with zero attached hydrogens (tertiary/aromatic N) is 1. The molecule has 0 aliphatic carbocycles. The number of hydrogen-bond acceptors (Lipinski definition) is 4. The Labute approximate surface area is 182 Å². The van der Waals surface area contributed by atoms with Crippen molar-refractivity contribution in [1.82, 2.24) is 9.62 Å². The molecule has 0 saturated carbocycles. The van der Waals surface area contributed by atoms with Crippen LogP contribution in [0.5, 0.6) is 0 Å². The normalized spacial score (nSPS) is 17.0. The minimum absolute atomic E-state index is 0.0612. The van der Waals surface area contributed by atoms with Crippen LogP contribution < -0.4 is 10.6 Å². The molecule has 2 aromatic carbocycles. The van der Waals surface area contributed by atoms with E-state index in [2.05, 4.69) is 10.6 Å². The van der Waals surface area contributed by atoms with Crippen LogP contribution in [0.3, 0.4) is 0 Å². The topological polar surface area (TPSA) is 95.6 Å². The number of carbonyl (C=O) groups is 2. The second kappa shape index (κ2) is 9.20. The highest BCUT2D eigenvalue weighted by Gasteiger charge is 2.25. The number of hydrogen-bond donors (Lipinski definition) is 2. The van der Waals surface area contributed by atoms with Gasteiger partial charge in [-0.3, -0.25) is 9.59 Å². The highest BCUT2D eigenvalue weighted by atomic mass is 32.2. The van der Waals surface area contributed by atoms with Crippen molar-refractivity contribution >= 4 is 27.5 Å². The first-order valence-electron chi connectivity index (χ1n) is 10.7. The van der Waals surface area contributed by atoms with Crippen LogP contribution in [-0.2, 0) is 27.7 Å². The molecule has 2 amide bonds. The van der Waals surface area contributed by atoms with Gasteiger partial charge < -0.3 is 10.6 Å². The number of rotatable bonds is 6. The number of fused-ring (bicyclic) bond motifs is 1. The van der Waals surface area contributed by atoms with E-state index < -0.39 is 10.0 Å². The SMILES string of the molecule is O=C1Cc2cc(C(=O)NCCc3ccc(S(=O)(=O)N4CCCCCC4)cc3)ccc2N1. The van der Waals surface area contributed by atoms with Gasteiger partial charge in [0, 0.05) is 30.9 Å². The Morgan fingerprint density at radius 3 is 2.42 bits per heavy atom. The summed E-state index contributed by atoms with van der Waals surface area (Å²) in [6, 6.07) is 12.1. The van der Waals surface area contributed by atoms with Gasteiger partial charge in [-0.25, -0.2) is 8.42 Å². The van der Waals surface area contributed by atoms with Crippen molar-refractivity contribution in [3.8, 4) is 0 Å². The zero-order valence-electron chi connectivity index (χ0n) is 17.4. The maximum Gasteiger partial charge on any atom is 0.251 e. The minimum atomic E-state index is -3.45. The molecule has 1 saturated heterocycles. The lowest BCUT2D eigenvalue weighted by Gasteiger charge is -2.20. The molecular weight excluding hydrogens is 414 g/mol. The number of amides is 2. The summed E-state index contributed by atoms with van der Waals surface area (Å²) < 4.78 is 27.3. The molecule has 0 atom stereocenters. The first-order chi connectivity index (χ1) is 14.9. The Balaban J connectivity index is 1.32. The van der Waals surface area contributed by atoms with Gasteiger partial charge in [0.15, 0.2) is 0 Å². The minimum Gasteiger partial charge on any atom is -0.352 e. The molecule has 2 heterocycles. The van der Waals surface area contributed by atoms with Gasteiger partial charge in [0.1, 0.15) is 0 Å². The van der Waals surface area contributed by atoms with Crippen molar-refractivity contribution in [3.63, 3.8) is 0 Å². The monoisotopic (exact) mass is 441 g/mol. The lowest BCUT2D eigenvalue weighted by Crippen LogP contribution is -2.31. The largest absolute Gasteiger partial charge is 0.352 e. The number of sulfonamides is 1. The van der Waals surface area contributed by atoms with E-state index in [1.807, 2.05) is 12.1 Å². The van der Waals surface area contributed by atoms with Crippen molar-refractivity contribution in [3.05, 3.63) is 59.2 Å². The van der Waals surface area contributed by atoms with E-state index in [-0.39, 0.29) is 11.8 Å². The standard InChI is InChI=1S/C23H27N3O4S/c27-22-16-19-15-18(7-10-21(19)25-22)23(28)24-12-11-17-5-8-20(9-6-17)31(29,30)26-13-3-1-2-4-14-26/h5-10,15H,1-4,11-14,16H2,(H,24,28)(H,25,27). The molecule has 1 fully saturated rings. The molecule has 7 nitrogen and oxygen atoms in total. The van der Waals surface area contributed by atoms with Crippen LogP contribution in [-0.4, -0.2) is 44.2 Å². The van der Waals surface area contributed by atoms with Gasteiger partial charge in [0.25, 0.3) is 5.91 Å². The summed E-state index contributed by atoms with van der Waals surface area (Å²) in [6.07, 6.45) is 4.88. The van der Waals surface area contributed by atoms with Crippen molar-refractivity contribution in [2.24, 2.45) is 0 Å². The second-order valence-electron chi connectivity index (χ2n) is 8.07. The molecule has 0 bridgehead atoms. The molecule has 2 aliphatic rings. The molecule has 8 heteroatoms. The Hall–Kier alpha value is -2.71. The number of carbonyl (C=O) groups excluding carboxylic acids is 2. The van der Waals surface area contributed by atoms with Gasteiger partial charge in [-0.15, -0.1) is 0 Å². The molecule has 0 spiro atoms. The predicted molar refractivity (Wildman–Crippen MR) is 118 cm³/mol. The van der Waals surface area contributed by atoms with Crippen molar-refractivity contribution in [2.75, 3.05) is 25.0 Å². The summed E-state index contributed by atoms with van der Waals surface area (Å²) in [5.41, 5.74) is 3.07. The molecule has 4 rings (SSSR count).